The van der Waals surface area contributed by atoms with E-state index >= 15 is 0 Å². The highest BCUT2D eigenvalue weighted by molar-refractivity contribution is 6.20. The van der Waals surface area contributed by atoms with Gasteiger partial charge in [-0.2, -0.15) is 5.26 Å². The molecular formula is C29H28N4O. The van der Waals surface area contributed by atoms with E-state index in [2.05, 4.69) is 41.8 Å². The van der Waals surface area contributed by atoms with Gasteiger partial charge in [-0.05, 0) is 36.6 Å². The maximum absolute atomic E-state index is 13.8. The maximum Gasteiger partial charge on any atom is 0.195 e. The van der Waals surface area contributed by atoms with E-state index in [0.717, 1.165) is 65.6 Å². The van der Waals surface area contributed by atoms with Crippen LogP contribution in [0.25, 0.3) is 10.9 Å². The summed E-state index contributed by atoms with van der Waals surface area (Å²) >= 11 is 0. The van der Waals surface area contributed by atoms with Crippen molar-refractivity contribution in [1.29, 1.82) is 5.26 Å². The Balaban J connectivity index is 1.47. The molecule has 3 aliphatic rings. The van der Waals surface area contributed by atoms with Gasteiger partial charge in [0.2, 0.25) is 0 Å². The number of ketones is 1. The number of fused-ring (bicyclic) bond motifs is 4. The van der Waals surface area contributed by atoms with E-state index in [1.807, 2.05) is 30.3 Å². The zero-order chi connectivity index (χ0) is 23.6. The van der Waals surface area contributed by atoms with E-state index in [1.54, 1.807) is 4.57 Å². The van der Waals surface area contributed by atoms with Crippen LogP contribution in [-0.2, 0) is 5.41 Å². The molecule has 2 heterocycles. The van der Waals surface area contributed by atoms with Gasteiger partial charge < -0.3 is 4.90 Å². The second kappa shape index (κ2) is 7.49. The number of anilines is 1. The standard InChI is InChI=1S/C29H28N4O/c1-4-19-16-22-23(17-25(19)32-14-12-31(13-15-32)20-8-7-9-20)29(2,3)28-26(27(22)34)21-10-5-6-11-24(21)33(28)18-30/h1,5-6,10-11,16-17,20H,7-9,12-15H2,2-3H3. The number of hydrogen-bond donors (Lipinski definition) is 0. The Hall–Kier alpha value is -3.54. The molecular weight excluding hydrogens is 420 g/mol. The van der Waals surface area contributed by atoms with E-state index in [-0.39, 0.29) is 5.78 Å². The highest BCUT2D eigenvalue weighted by Crippen LogP contribution is 2.47. The highest BCUT2D eigenvalue weighted by atomic mass is 16.1. The van der Waals surface area contributed by atoms with Gasteiger partial charge in [-0.25, -0.2) is 4.57 Å². The van der Waals surface area contributed by atoms with Gasteiger partial charge in [0.25, 0.3) is 0 Å². The van der Waals surface area contributed by atoms with E-state index < -0.39 is 5.41 Å². The van der Waals surface area contributed by atoms with E-state index in [4.69, 9.17) is 6.42 Å². The number of carbonyl (C=O) groups excluding carboxylic acids is 1. The summed E-state index contributed by atoms with van der Waals surface area (Å²) in [6, 6.07) is 12.5. The maximum atomic E-state index is 13.8. The summed E-state index contributed by atoms with van der Waals surface area (Å²) < 4.78 is 1.64. The lowest BCUT2D eigenvalue weighted by Crippen LogP contribution is -2.52. The van der Waals surface area contributed by atoms with Crippen LogP contribution in [0, 0.1) is 23.8 Å². The number of benzene rings is 2. The molecule has 0 amide bonds. The van der Waals surface area contributed by atoms with Crippen LogP contribution in [-0.4, -0.2) is 47.5 Å². The first kappa shape index (κ1) is 21.0. The summed E-state index contributed by atoms with van der Waals surface area (Å²) in [5.41, 5.74) is 5.04. The second-order valence-corrected chi connectivity index (χ2v) is 10.3. The van der Waals surface area contributed by atoms with Crippen molar-refractivity contribution in [3.05, 3.63) is 64.3 Å². The minimum atomic E-state index is -0.525. The normalized spacial score (nSPS) is 19.8. The Labute approximate surface area is 200 Å². The van der Waals surface area contributed by atoms with Crippen LogP contribution >= 0.6 is 0 Å². The summed E-state index contributed by atoms with van der Waals surface area (Å²) in [5, 5.41) is 10.9. The van der Waals surface area contributed by atoms with Gasteiger partial charge >= 0.3 is 0 Å². The summed E-state index contributed by atoms with van der Waals surface area (Å²) in [7, 11) is 0. The molecule has 6 rings (SSSR count). The Kier molecular flexibility index (Phi) is 4.63. The van der Waals surface area contributed by atoms with Crippen molar-refractivity contribution in [3.8, 4) is 18.5 Å². The van der Waals surface area contributed by atoms with Crippen LogP contribution < -0.4 is 4.90 Å². The largest absolute Gasteiger partial charge is 0.368 e. The molecule has 1 saturated heterocycles. The van der Waals surface area contributed by atoms with Crippen LogP contribution in [0.1, 0.15) is 65.9 Å². The SMILES string of the molecule is C#Cc1cc2c(cc1N1CCN(C3CCC3)CC1)C(C)(C)c1c(c3ccccc3n1C#N)C2=O. The van der Waals surface area contributed by atoms with Gasteiger partial charge in [0.05, 0.1) is 22.5 Å². The van der Waals surface area contributed by atoms with Crippen molar-refractivity contribution in [1.82, 2.24) is 9.47 Å². The minimum Gasteiger partial charge on any atom is -0.368 e. The number of hydrogen-bond acceptors (Lipinski definition) is 4. The summed E-state index contributed by atoms with van der Waals surface area (Å²) in [4.78, 5) is 18.8. The molecule has 2 aliphatic carbocycles. The van der Waals surface area contributed by atoms with Gasteiger partial charge in [0, 0.05) is 54.1 Å². The predicted octanol–water partition coefficient (Wildman–Crippen LogP) is 4.50. The van der Waals surface area contributed by atoms with E-state index in [9.17, 15) is 10.1 Å². The molecule has 5 nitrogen and oxygen atoms in total. The van der Waals surface area contributed by atoms with Gasteiger partial charge in [-0.15, -0.1) is 6.42 Å². The Bertz CT molecular complexity index is 1420. The zero-order valence-corrected chi connectivity index (χ0v) is 19.8. The number of piperazine rings is 1. The lowest BCUT2D eigenvalue weighted by atomic mass is 9.70. The monoisotopic (exact) mass is 448 g/mol. The van der Waals surface area contributed by atoms with Gasteiger partial charge in [0.15, 0.2) is 12.0 Å². The summed E-state index contributed by atoms with van der Waals surface area (Å²) in [6.07, 6.45) is 12.3. The van der Waals surface area contributed by atoms with Crippen LogP contribution in [0.4, 0.5) is 5.69 Å². The van der Waals surface area contributed by atoms with Crippen molar-refractivity contribution in [3.63, 3.8) is 0 Å². The van der Waals surface area contributed by atoms with Crippen LogP contribution in [0.15, 0.2) is 36.4 Å². The molecule has 170 valence electrons. The molecule has 1 aliphatic heterocycles. The smallest absolute Gasteiger partial charge is 0.195 e. The number of aromatic nitrogens is 1. The fraction of sp³-hybridized carbons (Fsp3) is 0.379. The number of rotatable bonds is 2. The van der Waals surface area contributed by atoms with Crippen molar-refractivity contribution in [2.75, 3.05) is 31.1 Å². The number of carbonyl (C=O) groups is 1. The van der Waals surface area contributed by atoms with Gasteiger partial charge in [-0.3, -0.25) is 9.69 Å². The molecule has 0 bridgehead atoms. The first-order chi connectivity index (χ1) is 16.5. The lowest BCUT2D eigenvalue weighted by Gasteiger charge is -2.44. The second-order valence-electron chi connectivity index (χ2n) is 10.3. The van der Waals surface area contributed by atoms with Crippen LogP contribution in [0.5, 0.6) is 0 Å². The summed E-state index contributed by atoms with van der Waals surface area (Å²) in [6.45, 7) is 8.17. The lowest BCUT2D eigenvalue weighted by molar-refractivity contribution is 0.103. The average molecular weight is 449 g/mol. The Morgan fingerprint density at radius 1 is 1.09 bits per heavy atom. The fourth-order valence-electron chi connectivity index (χ4n) is 6.18. The zero-order valence-electron chi connectivity index (χ0n) is 19.8. The van der Waals surface area contributed by atoms with Crippen molar-refractivity contribution in [2.24, 2.45) is 0 Å². The first-order valence-electron chi connectivity index (χ1n) is 12.2. The third-order valence-electron chi connectivity index (χ3n) is 8.25. The minimum absolute atomic E-state index is 0.0487. The molecule has 5 heteroatoms. The molecule has 2 fully saturated rings. The molecule has 34 heavy (non-hydrogen) atoms. The van der Waals surface area contributed by atoms with E-state index in [1.165, 1.54) is 19.3 Å². The number of para-hydroxylation sites is 1. The number of nitrogens with zero attached hydrogens (tertiary/aromatic N) is 4. The fourth-order valence-corrected chi connectivity index (χ4v) is 6.18. The molecule has 1 saturated carbocycles. The Morgan fingerprint density at radius 3 is 2.47 bits per heavy atom. The molecule has 0 radical (unpaired) electrons. The van der Waals surface area contributed by atoms with E-state index in [0.29, 0.717) is 11.1 Å². The third-order valence-corrected chi connectivity index (χ3v) is 8.25. The Morgan fingerprint density at radius 2 is 1.82 bits per heavy atom. The molecule has 0 N–H and O–H groups in total. The number of nitriles is 1. The molecule has 0 atom stereocenters. The molecule has 0 spiro atoms. The van der Waals surface area contributed by atoms with Gasteiger partial charge in [0.1, 0.15) is 0 Å². The number of terminal acetylenes is 1. The van der Waals surface area contributed by atoms with Gasteiger partial charge in [-0.1, -0.05) is 44.4 Å². The van der Waals surface area contributed by atoms with Crippen LogP contribution in [0.3, 0.4) is 0 Å². The predicted molar refractivity (Wildman–Crippen MR) is 134 cm³/mol. The molecule has 1 aromatic heterocycles. The average Bonchev–Trinajstić information content (AvgIpc) is 3.17. The first-order valence-corrected chi connectivity index (χ1v) is 12.2. The quantitative estimate of drug-likeness (QED) is 0.542. The molecule has 0 unspecified atom stereocenters. The topological polar surface area (TPSA) is 52.3 Å². The van der Waals surface area contributed by atoms with Crippen LogP contribution in [0.2, 0.25) is 0 Å². The molecule has 3 aromatic rings. The molecule has 2 aromatic carbocycles. The van der Waals surface area contributed by atoms with Crippen molar-refractivity contribution < 1.29 is 4.79 Å². The summed E-state index contributed by atoms with van der Waals surface area (Å²) in [5.74, 6) is 2.81. The van der Waals surface area contributed by atoms with Crippen molar-refractivity contribution in [2.45, 2.75) is 44.6 Å². The highest BCUT2D eigenvalue weighted by Gasteiger charge is 2.42. The van der Waals surface area contributed by atoms with Crippen molar-refractivity contribution >= 4 is 22.4 Å². The third kappa shape index (κ3) is 2.81.